The molecule has 0 atom stereocenters. The van der Waals surface area contributed by atoms with Gasteiger partial charge in [-0.1, -0.05) is 30.3 Å². The monoisotopic (exact) mass is 304 g/mol. The Hall–Kier alpha value is -2.21. The molecule has 0 radical (unpaired) electrons. The predicted octanol–water partition coefficient (Wildman–Crippen LogP) is 1.54. The lowest BCUT2D eigenvalue weighted by Gasteiger charge is -2.21. The van der Waals surface area contributed by atoms with E-state index >= 15 is 0 Å². The maximum Gasteiger partial charge on any atom is 0.321 e. The SMILES string of the molecule is O=C1CCC(OCc2ccccc2)CC1.O=C1CNC(=O)N1. The second-order valence-corrected chi connectivity index (χ2v) is 5.27. The number of rotatable bonds is 3. The third-order valence-electron chi connectivity index (χ3n) is 3.48. The highest BCUT2D eigenvalue weighted by Crippen LogP contribution is 2.19. The zero-order valence-electron chi connectivity index (χ0n) is 12.3. The Morgan fingerprint density at radius 1 is 1.05 bits per heavy atom. The van der Waals surface area contributed by atoms with Gasteiger partial charge in [0.15, 0.2) is 0 Å². The summed E-state index contributed by atoms with van der Waals surface area (Å²) in [6.07, 6.45) is 3.46. The van der Waals surface area contributed by atoms with Crippen LogP contribution >= 0.6 is 0 Å². The fraction of sp³-hybridized carbons (Fsp3) is 0.438. The first-order valence-corrected chi connectivity index (χ1v) is 7.38. The molecule has 1 aliphatic carbocycles. The molecular formula is C16H20N2O4. The maximum atomic E-state index is 11.0. The van der Waals surface area contributed by atoms with Crippen LogP contribution in [-0.4, -0.2) is 30.4 Å². The number of carbonyl (C=O) groups excluding carboxylic acids is 3. The Morgan fingerprint density at radius 3 is 2.23 bits per heavy atom. The smallest absolute Gasteiger partial charge is 0.321 e. The minimum Gasteiger partial charge on any atom is -0.374 e. The zero-order chi connectivity index (χ0) is 15.8. The van der Waals surface area contributed by atoms with E-state index in [0.29, 0.717) is 25.2 Å². The van der Waals surface area contributed by atoms with Crippen LogP contribution in [0.4, 0.5) is 4.79 Å². The van der Waals surface area contributed by atoms with E-state index in [4.69, 9.17) is 4.74 Å². The van der Waals surface area contributed by atoms with Crippen molar-refractivity contribution in [3.05, 3.63) is 35.9 Å². The number of hydrogen-bond acceptors (Lipinski definition) is 4. The molecule has 118 valence electrons. The Morgan fingerprint density at radius 2 is 1.73 bits per heavy atom. The molecule has 3 rings (SSSR count). The van der Waals surface area contributed by atoms with Crippen molar-refractivity contribution in [2.75, 3.05) is 6.54 Å². The number of hydrogen-bond donors (Lipinski definition) is 2. The molecule has 1 saturated heterocycles. The number of urea groups is 1. The van der Waals surface area contributed by atoms with Gasteiger partial charge in [0.2, 0.25) is 5.91 Å². The van der Waals surface area contributed by atoms with E-state index in [-0.39, 0.29) is 18.6 Å². The van der Waals surface area contributed by atoms with Crippen LogP contribution in [0.2, 0.25) is 0 Å². The van der Waals surface area contributed by atoms with Crippen LogP contribution in [0.15, 0.2) is 30.3 Å². The molecule has 0 bridgehead atoms. The number of benzene rings is 1. The van der Waals surface area contributed by atoms with Crippen LogP contribution in [0, 0.1) is 0 Å². The van der Waals surface area contributed by atoms with E-state index in [2.05, 4.69) is 17.4 Å². The van der Waals surface area contributed by atoms with Gasteiger partial charge in [-0.15, -0.1) is 0 Å². The number of Topliss-reactive ketones (excluding diaryl/α,β-unsaturated/α-hetero) is 1. The summed E-state index contributed by atoms with van der Waals surface area (Å²) in [7, 11) is 0. The number of amides is 3. The van der Waals surface area contributed by atoms with Gasteiger partial charge in [-0.3, -0.25) is 14.9 Å². The number of imide groups is 1. The fourth-order valence-electron chi connectivity index (χ4n) is 2.24. The summed E-state index contributed by atoms with van der Waals surface area (Å²) in [5.74, 6) is 0.125. The first-order chi connectivity index (χ1) is 10.6. The molecule has 2 N–H and O–H groups in total. The summed E-state index contributed by atoms with van der Waals surface area (Å²) in [6, 6.07) is 9.77. The van der Waals surface area contributed by atoms with Crippen molar-refractivity contribution in [3.63, 3.8) is 0 Å². The quantitative estimate of drug-likeness (QED) is 0.830. The van der Waals surface area contributed by atoms with Crippen molar-refractivity contribution in [3.8, 4) is 0 Å². The van der Waals surface area contributed by atoms with E-state index in [1.165, 1.54) is 5.56 Å². The third kappa shape index (κ3) is 5.65. The van der Waals surface area contributed by atoms with Crippen molar-refractivity contribution in [1.82, 2.24) is 10.6 Å². The van der Waals surface area contributed by atoms with Crippen molar-refractivity contribution in [2.24, 2.45) is 0 Å². The summed E-state index contributed by atoms with van der Waals surface area (Å²) in [6.45, 7) is 0.790. The molecule has 0 unspecified atom stereocenters. The molecule has 3 amide bonds. The minimum absolute atomic E-state index is 0.124. The van der Waals surface area contributed by atoms with E-state index in [1.54, 1.807) is 0 Å². The standard InChI is InChI=1S/C13H16O2.C3H4N2O2/c14-12-6-8-13(9-7-12)15-10-11-4-2-1-3-5-11;6-2-1-4-3(7)5-2/h1-5,13H,6-10H2;1H2,(H2,4,5,6,7). The van der Waals surface area contributed by atoms with Crippen LogP contribution in [0.1, 0.15) is 31.2 Å². The highest BCUT2D eigenvalue weighted by molar-refractivity contribution is 6.01. The highest BCUT2D eigenvalue weighted by atomic mass is 16.5. The van der Waals surface area contributed by atoms with Gasteiger partial charge in [0.1, 0.15) is 5.78 Å². The Balaban J connectivity index is 0.000000211. The largest absolute Gasteiger partial charge is 0.374 e. The van der Waals surface area contributed by atoms with Gasteiger partial charge < -0.3 is 10.1 Å². The van der Waals surface area contributed by atoms with E-state index in [0.717, 1.165) is 12.8 Å². The lowest BCUT2D eigenvalue weighted by atomic mass is 9.96. The van der Waals surface area contributed by atoms with Crippen molar-refractivity contribution >= 4 is 17.7 Å². The van der Waals surface area contributed by atoms with Crippen molar-refractivity contribution in [1.29, 1.82) is 0 Å². The highest BCUT2D eigenvalue weighted by Gasteiger charge is 2.18. The molecule has 1 aliphatic heterocycles. The first-order valence-electron chi connectivity index (χ1n) is 7.38. The van der Waals surface area contributed by atoms with Gasteiger partial charge in [-0.25, -0.2) is 4.79 Å². The molecule has 6 nitrogen and oxygen atoms in total. The summed E-state index contributed by atoms with van der Waals surface area (Å²) < 4.78 is 5.77. The van der Waals surface area contributed by atoms with Crippen LogP contribution in [0.25, 0.3) is 0 Å². The van der Waals surface area contributed by atoms with Gasteiger partial charge in [0.05, 0.1) is 19.3 Å². The van der Waals surface area contributed by atoms with Crippen LogP contribution in [0.3, 0.4) is 0 Å². The molecule has 6 heteroatoms. The molecule has 2 aliphatic rings. The molecule has 1 heterocycles. The summed E-state index contributed by atoms with van der Waals surface area (Å²) >= 11 is 0. The number of ether oxygens (including phenoxy) is 1. The lowest BCUT2D eigenvalue weighted by Crippen LogP contribution is -2.22. The normalized spacial score (nSPS) is 18.3. The van der Waals surface area contributed by atoms with Gasteiger partial charge >= 0.3 is 6.03 Å². The Labute approximate surface area is 129 Å². The van der Waals surface area contributed by atoms with Gasteiger partial charge in [-0.05, 0) is 18.4 Å². The number of carbonyl (C=O) groups is 3. The first kappa shape index (κ1) is 16.2. The van der Waals surface area contributed by atoms with Crippen LogP contribution < -0.4 is 10.6 Å². The lowest BCUT2D eigenvalue weighted by molar-refractivity contribution is -0.123. The molecule has 22 heavy (non-hydrogen) atoms. The summed E-state index contributed by atoms with van der Waals surface area (Å²) in [5, 5.41) is 4.30. The zero-order valence-corrected chi connectivity index (χ0v) is 12.3. The van der Waals surface area contributed by atoms with E-state index in [9.17, 15) is 14.4 Å². The summed E-state index contributed by atoms with van der Waals surface area (Å²) in [5.41, 5.74) is 1.20. The van der Waals surface area contributed by atoms with E-state index < -0.39 is 6.03 Å². The second-order valence-electron chi connectivity index (χ2n) is 5.27. The van der Waals surface area contributed by atoms with E-state index in [1.807, 2.05) is 23.5 Å². The van der Waals surface area contributed by atoms with Crippen molar-refractivity contribution < 1.29 is 19.1 Å². The molecule has 0 aromatic heterocycles. The molecule has 1 aromatic rings. The van der Waals surface area contributed by atoms with Crippen LogP contribution in [0.5, 0.6) is 0 Å². The molecular weight excluding hydrogens is 284 g/mol. The summed E-state index contributed by atoms with van der Waals surface area (Å²) in [4.78, 5) is 31.1. The predicted molar refractivity (Wildman–Crippen MR) is 80.0 cm³/mol. The molecule has 1 aromatic carbocycles. The number of nitrogens with one attached hydrogen (secondary N) is 2. The minimum atomic E-state index is -0.398. The topological polar surface area (TPSA) is 84.5 Å². The number of ketones is 1. The second kappa shape index (κ2) is 8.29. The molecule has 0 spiro atoms. The fourth-order valence-corrected chi connectivity index (χ4v) is 2.24. The molecule has 1 saturated carbocycles. The van der Waals surface area contributed by atoms with Gasteiger partial charge in [-0.2, -0.15) is 0 Å². The Bertz CT molecular complexity index is 506. The molecule has 2 fully saturated rings. The Kier molecular flexibility index (Phi) is 6.09. The third-order valence-corrected chi connectivity index (χ3v) is 3.48. The van der Waals surface area contributed by atoms with Crippen LogP contribution in [-0.2, 0) is 20.9 Å². The van der Waals surface area contributed by atoms with Gasteiger partial charge in [0, 0.05) is 12.8 Å². The van der Waals surface area contributed by atoms with Crippen molar-refractivity contribution in [2.45, 2.75) is 38.4 Å². The maximum absolute atomic E-state index is 11.0. The average Bonchev–Trinajstić information content (AvgIpc) is 2.92. The average molecular weight is 304 g/mol. The van der Waals surface area contributed by atoms with Gasteiger partial charge in [0.25, 0.3) is 0 Å².